The second kappa shape index (κ2) is 8.67. The van der Waals surface area contributed by atoms with Crippen molar-refractivity contribution >= 4 is 28.9 Å². The van der Waals surface area contributed by atoms with Gasteiger partial charge in [0, 0.05) is 37.8 Å². The van der Waals surface area contributed by atoms with Crippen LogP contribution in [0.3, 0.4) is 0 Å². The lowest BCUT2D eigenvalue weighted by atomic mass is 10.1. The molecule has 3 rings (SSSR count). The van der Waals surface area contributed by atoms with Crippen LogP contribution in [-0.2, 0) is 4.79 Å². The fourth-order valence-corrected chi connectivity index (χ4v) is 4.05. The van der Waals surface area contributed by atoms with Crippen molar-refractivity contribution in [1.29, 1.82) is 0 Å². The molecule has 1 aromatic carbocycles. The van der Waals surface area contributed by atoms with Crippen LogP contribution in [0.5, 0.6) is 17.2 Å². The highest BCUT2D eigenvalue weighted by Gasteiger charge is 2.28. The molecule has 1 aromatic rings. The van der Waals surface area contributed by atoms with Gasteiger partial charge in [0.05, 0.1) is 26.2 Å². The van der Waals surface area contributed by atoms with Crippen molar-refractivity contribution < 1.29 is 19.0 Å². The first-order valence-electron chi connectivity index (χ1n) is 8.89. The number of amides is 1. The van der Waals surface area contributed by atoms with Gasteiger partial charge in [-0.05, 0) is 30.4 Å². The van der Waals surface area contributed by atoms with Crippen LogP contribution < -0.4 is 14.2 Å². The molecule has 146 valence electrons. The number of aliphatic imine (C=N–C) groups is 1. The van der Waals surface area contributed by atoms with Gasteiger partial charge in [-0.3, -0.25) is 4.79 Å². The Hall–Kier alpha value is -2.19. The minimum atomic E-state index is -0.218. The zero-order valence-electron chi connectivity index (χ0n) is 16.2. The fraction of sp³-hybridized carbons (Fsp3) is 0.474. The molecule has 0 atom stereocenters. The number of carbonyl (C=O) groups is 1. The SMILES string of the molecule is CCN1CCN(C2=NC(=O)C(=Cc3cc(OC)c(OC)cc3OC)S2)CC1. The molecule has 0 unspecified atom stereocenters. The molecule has 2 heterocycles. The molecule has 1 amide bonds. The monoisotopic (exact) mass is 391 g/mol. The summed E-state index contributed by atoms with van der Waals surface area (Å²) in [5, 5.41) is 0.779. The van der Waals surface area contributed by atoms with Gasteiger partial charge in [-0.15, -0.1) is 0 Å². The Kier molecular flexibility index (Phi) is 6.28. The normalized spacial score (nSPS) is 19.4. The first-order chi connectivity index (χ1) is 13.1. The van der Waals surface area contributed by atoms with Crippen molar-refractivity contribution in [1.82, 2.24) is 9.80 Å². The maximum Gasteiger partial charge on any atom is 0.286 e. The van der Waals surface area contributed by atoms with Gasteiger partial charge in [0.25, 0.3) is 5.91 Å². The average molecular weight is 391 g/mol. The van der Waals surface area contributed by atoms with Crippen LogP contribution in [-0.4, -0.2) is 74.9 Å². The van der Waals surface area contributed by atoms with E-state index in [4.69, 9.17) is 14.2 Å². The maximum atomic E-state index is 12.4. The number of hydrogen-bond donors (Lipinski definition) is 0. The summed E-state index contributed by atoms with van der Waals surface area (Å²) in [7, 11) is 4.74. The van der Waals surface area contributed by atoms with E-state index >= 15 is 0 Å². The van der Waals surface area contributed by atoms with Crippen LogP contribution in [0.2, 0.25) is 0 Å². The number of amidine groups is 1. The van der Waals surface area contributed by atoms with E-state index in [1.54, 1.807) is 39.5 Å². The number of methoxy groups -OCH3 is 3. The minimum absolute atomic E-state index is 0.218. The number of likely N-dealkylation sites (N-methyl/N-ethyl adjacent to an activating group) is 1. The summed E-state index contributed by atoms with van der Waals surface area (Å²) in [4.78, 5) is 21.8. The van der Waals surface area contributed by atoms with Crippen LogP contribution in [0.4, 0.5) is 0 Å². The number of hydrogen-bond acceptors (Lipinski definition) is 7. The standard InChI is InChI=1S/C19H25N3O4S/c1-5-21-6-8-22(9-7-21)19-20-18(23)17(27-19)11-13-10-15(25-3)16(26-4)12-14(13)24-2/h10-12H,5-9H2,1-4H3. The smallest absolute Gasteiger partial charge is 0.286 e. The molecule has 2 aliphatic rings. The minimum Gasteiger partial charge on any atom is -0.496 e. The Balaban J connectivity index is 1.80. The van der Waals surface area contributed by atoms with Gasteiger partial charge in [0.2, 0.25) is 0 Å². The van der Waals surface area contributed by atoms with Gasteiger partial charge in [0.15, 0.2) is 16.7 Å². The van der Waals surface area contributed by atoms with Crippen molar-refractivity contribution in [3.05, 3.63) is 22.6 Å². The lowest BCUT2D eigenvalue weighted by Gasteiger charge is -2.34. The highest BCUT2D eigenvalue weighted by molar-refractivity contribution is 8.18. The molecule has 1 fully saturated rings. The van der Waals surface area contributed by atoms with Crippen LogP contribution in [0.1, 0.15) is 12.5 Å². The van der Waals surface area contributed by atoms with Crippen molar-refractivity contribution in [2.45, 2.75) is 6.92 Å². The summed E-state index contributed by atoms with van der Waals surface area (Å²) in [6.45, 7) is 6.98. The molecule has 1 saturated heterocycles. The first kappa shape index (κ1) is 19.6. The van der Waals surface area contributed by atoms with Crippen molar-refractivity contribution in [3.8, 4) is 17.2 Å². The molecule has 0 bridgehead atoms. The third-order valence-corrected chi connectivity index (χ3v) is 5.77. The lowest BCUT2D eigenvalue weighted by molar-refractivity contribution is -0.113. The molecular formula is C19H25N3O4S. The van der Waals surface area contributed by atoms with E-state index in [0.717, 1.165) is 43.5 Å². The summed E-state index contributed by atoms with van der Waals surface area (Å²) in [5.41, 5.74) is 0.748. The Labute approximate surface area is 164 Å². The molecule has 7 nitrogen and oxygen atoms in total. The van der Waals surface area contributed by atoms with Crippen LogP contribution in [0.25, 0.3) is 6.08 Å². The molecule has 8 heteroatoms. The van der Waals surface area contributed by atoms with Gasteiger partial charge in [-0.1, -0.05) is 6.92 Å². The van der Waals surface area contributed by atoms with E-state index in [0.29, 0.717) is 22.2 Å². The zero-order valence-corrected chi connectivity index (χ0v) is 17.0. The number of piperazine rings is 1. The predicted molar refractivity (Wildman–Crippen MR) is 108 cm³/mol. The molecule has 0 aliphatic carbocycles. The van der Waals surface area contributed by atoms with Gasteiger partial charge < -0.3 is 24.0 Å². The number of ether oxygens (including phenoxy) is 3. The number of rotatable bonds is 5. The third kappa shape index (κ3) is 4.22. The summed E-state index contributed by atoms with van der Waals surface area (Å²) < 4.78 is 16.1. The van der Waals surface area contributed by atoms with E-state index in [2.05, 4.69) is 21.7 Å². The summed E-state index contributed by atoms with van der Waals surface area (Å²) in [5.74, 6) is 1.55. The predicted octanol–water partition coefficient (Wildman–Crippen LogP) is 2.32. The first-order valence-corrected chi connectivity index (χ1v) is 9.71. The summed E-state index contributed by atoms with van der Waals surface area (Å²) >= 11 is 1.41. The number of carbonyl (C=O) groups excluding carboxylic acids is 1. The summed E-state index contributed by atoms with van der Waals surface area (Å²) in [6.07, 6.45) is 1.80. The van der Waals surface area contributed by atoms with E-state index in [-0.39, 0.29) is 5.91 Å². The van der Waals surface area contributed by atoms with Gasteiger partial charge in [-0.2, -0.15) is 4.99 Å². The Morgan fingerprint density at radius 1 is 1.04 bits per heavy atom. The zero-order chi connectivity index (χ0) is 19.4. The van der Waals surface area contributed by atoms with E-state index in [1.165, 1.54) is 11.8 Å². The highest BCUT2D eigenvalue weighted by Crippen LogP contribution is 2.38. The van der Waals surface area contributed by atoms with Crippen LogP contribution in [0.15, 0.2) is 22.0 Å². The van der Waals surface area contributed by atoms with Gasteiger partial charge in [-0.25, -0.2) is 0 Å². The Morgan fingerprint density at radius 2 is 1.67 bits per heavy atom. The Morgan fingerprint density at radius 3 is 2.26 bits per heavy atom. The van der Waals surface area contributed by atoms with Crippen molar-refractivity contribution in [2.75, 3.05) is 54.1 Å². The quantitative estimate of drug-likeness (QED) is 0.714. The highest BCUT2D eigenvalue weighted by atomic mass is 32.2. The molecule has 0 saturated carbocycles. The molecule has 0 spiro atoms. The van der Waals surface area contributed by atoms with E-state index < -0.39 is 0 Å². The molecule has 0 N–H and O–H groups in total. The Bertz CT molecular complexity index is 770. The topological polar surface area (TPSA) is 63.6 Å². The summed E-state index contributed by atoms with van der Waals surface area (Å²) in [6, 6.07) is 3.55. The van der Waals surface area contributed by atoms with Crippen molar-refractivity contribution in [2.24, 2.45) is 4.99 Å². The van der Waals surface area contributed by atoms with Gasteiger partial charge >= 0.3 is 0 Å². The second-order valence-corrected chi connectivity index (χ2v) is 7.19. The molecule has 2 aliphatic heterocycles. The van der Waals surface area contributed by atoms with Crippen LogP contribution >= 0.6 is 11.8 Å². The fourth-order valence-electron chi connectivity index (χ4n) is 3.10. The van der Waals surface area contributed by atoms with E-state index in [9.17, 15) is 4.79 Å². The van der Waals surface area contributed by atoms with E-state index in [1.807, 2.05) is 0 Å². The van der Waals surface area contributed by atoms with Gasteiger partial charge in [0.1, 0.15) is 5.75 Å². The second-order valence-electron chi connectivity index (χ2n) is 6.18. The van der Waals surface area contributed by atoms with Crippen molar-refractivity contribution in [3.63, 3.8) is 0 Å². The third-order valence-electron chi connectivity index (χ3n) is 4.72. The molecule has 0 aromatic heterocycles. The lowest BCUT2D eigenvalue weighted by Crippen LogP contribution is -2.47. The molecular weight excluding hydrogens is 366 g/mol. The number of benzene rings is 1. The number of thioether (sulfide) groups is 1. The number of nitrogens with zero attached hydrogens (tertiary/aromatic N) is 3. The molecule has 27 heavy (non-hydrogen) atoms. The van der Waals surface area contributed by atoms with Crippen LogP contribution in [0, 0.1) is 0 Å². The average Bonchev–Trinajstić information content (AvgIpc) is 3.08. The largest absolute Gasteiger partial charge is 0.496 e. The molecule has 0 radical (unpaired) electrons. The maximum absolute atomic E-state index is 12.4.